The maximum absolute atomic E-state index is 11.8. The number of hydrogen-bond donors (Lipinski definition) is 3. The van der Waals surface area contributed by atoms with Crippen molar-refractivity contribution in [3.8, 4) is 0 Å². The van der Waals surface area contributed by atoms with Gasteiger partial charge in [-0.15, -0.1) is 0 Å². The van der Waals surface area contributed by atoms with Crippen LogP contribution in [0.25, 0.3) is 0 Å². The molecule has 1 aliphatic rings. The first-order valence-electron chi connectivity index (χ1n) is 9.79. The second kappa shape index (κ2) is 10.1. The Balaban J connectivity index is 1.48. The number of benzene rings is 2. The number of aliphatic hydroxyl groups is 2. The van der Waals surface area contributed by atoms with Crippen molar-refractivity contribution in [2.75, 3.05) is 24.5 Å². The van der Waals surface area contributed by atoms with Crippen LogP contribution < -0.4 is 10.2 Å². The third-order valence-electron chi connectivity index (χ3n) is 4.97. The van der Waals surface area contributed by atoms with Crippen LogP contribution in [0.5, 0.6) is 0 Å². The van der Waals surface area contributed by atoms with E-state index in [4.69, 9.17) is 4.74 Å². The van der Waals surface area contributed by atoms with Crippen molar-refractivity contribution in [3.63, 3.8) is 0 Å². The minimum Gasteiger partial charge on any atom is -0.445 e. The van der Waals surface area contributed by atoms with E-state index in [1.54, 1.807) is 6.07 Å². The normalized spacial score (nSPS) is 16.3. The van der Waals surface area contributed by atoms with Crippen LogP contribution in [0.2, 0.25) is 0 Å². The van der Waals surface area contributed by atoms with E-state index in [-0.39, 0.29) is 13.2 Å². The molecule has 3 N–H and O–H groups in total. The molecule has 2 atom stereocenters. The number of nitrogens with zero attached hydrogens (tertiary/aromatic N) is 1. The first kappa shape index (κ1) is 20.2. The fraction of sp³-hybridized carbons (Fsp3) is 0.409. The number of aliphatic hydroxyl groups excluding tert-OH is 2. The Bertz CT molecular complexity index is 747. The summed E-state index contributed by atoms with van der Waals surface area (Å²) < 4.78 is 5.11. The highest BCUT2D eigenvalue weighted by Crippen LogP contribution is 2.25. The van der Waals surface area contributed by atoms with Crippen molar-refractivity contribution in [3.05, 3.63) is 65.7 Å². The van der Waals surface area contributed by atoms with Gasteiger partial charge in [0.2, 0.25) is 0 Å². The smallest absolute Gasteiger partial charge is 0.407 e. The fourth-order valence-corrected chi connectivity index (χ4v) is 3.35. The highest BCUT2D eigenvalue weighted by Gasteiger charge is 2.21. The maximum Gasteiger partial charge on any atom is 0.407 e. The van der Waals surface area contributed by atoms with E-state index < -0.39 is 18.3 Å². The van der Waals surface area contributed by atoms with Crippen LogP contribution in [0.3, 0.4) is 0 Å². The Kier molecular flexibility index (Phi) is 7.28. The number of anilines is 1. The van der Waals surface area contributed by atoms with E-state index in [2.05, 4.69) is 10.2 Å². The van der Waals surface area contributed by atoms with E-state index in [1.807, 2.05) is 48.5 Å². The summed E-state index contributed by atoms with van der Waals surface area (Å²) in [5, 5.41) is 23.2. The van der Waals surface area contributed by atoms with Gasteiger partial charge in [-0.3, -0.25) is 0 Å². The van der Waals surface area contributed by atoms with Gasteiger partial charge in [-0.25, -0.2) is 4.79 Å². The molecule has 1 amide bonds. The first-order chi connectivity index (χ1) is 13.6. The molecule has 0 aromatic heterocycles. The van der Waals surface area contributed by atoms with Gasteiger partial charge in [0.25, 0.3) is 0 Å². The van der Waals surface area contributed by atoms with Crippen LogP contribution in [0, 0.1) is 0 Å². The zero-order valence-corrected chi connectivity index (χ0v) is 16.0. The Morgan fingerprint density at radius 3 is 2.54 bits per heavy atom. The predicted molar refractivity (Wildman–Crippen MR) is 108 cm³/mol. The van der Waals surface area contributed by atoms with Crippen molar-refractivity contribution in [1.82, 2.24) is 5.32 Å². The maximum atomic E-state index is 11.8. The lowest BCUT2D eigenvalue weighted by Gasteiger charge is -2.29. The Labute approximate surface area is 165 Å². The Morgan fingerprint density at radius 1 is 1.04 bits per heavy atom. The summed E-state index contributed by atoms with van der Waals surface area (Å²) in [7, 11) is 0. The van der Waals surface area contributed by atoms with Crippen LogP contribution in [-0.4, -0.2) is 42.0 Å². The van der Waals surface area contributed by atoms with Gasteiger partial charge in [-0.1, -0.05) is 42.5 Å². The SMILES string of the molecule is O=C(NCC(O)C(O)c1cccc(N2CCCCC2)c1)OCc1ccccc1. The molecule has 6 heteroatoms. The van der Waals surface area contributed by atoms with E-state index in [1.165, 1.54) is 19.3 Å². The molecule has 0 aliphatic carbocycles. The van der Waals surface area contributed by atoms with Gasteiger partial charge in [-0.2, -0.15) is 0 Å². The number of ether oxygens (including phenoxy) is 1. The number of amides is 1. The van der Waals surface area contributed by atoms with Crippen molar-refractivity contribution in [2.45, 2.75) is 38.1 Å². The van der Waals surface area contributed by atoms with Crippen molar-refractivity contribution < 1.29 is 19.7 Å². The van der Waals surface area contributed by atoms with Crippen LogP contribution in [0.1, 0.15) is 36.5 Å². The molecular weight excluding hydrogens is 356 g/mol. The molecule has 6 nitrogen and oxygen atoms in total. The van der Waals surface area contributed by atoms with Crippen molar-refractivity contribution >= 4 is 11.8 Å². The van der Waals surface area contributed by atoms with Crippen LogP contribution in [0.15, 0.2) is 54.6 Å². The third kappa shape index (κ3) is 5.71. The monoisotopic (exact) mass is 384 g/mol. The predicted octanol–water partition coefficient (Wildman–Crippen LogP) is 3.00. The van der Waals surface area contributed by atoms with Gasteiger partial charge in [0.15, 0.2) is 0 Å². The molecular formula is C22H28N2O4. The number of nitrogens with one attached hydrogen (secondary N) is 1. The third-order valence-corrected chi connectivity index (χ3v) is 4.97. The summed E-state index contributed by atoms with van der Waals surface area (Å²) in [6.07, 6.45) is 0.760. The molecule has 150 valence electrons. The highest BCUT2D eigenvalue weighted by atomic mass is 16.5. The number of piperidine rings is 1. The van der Waals surface area contributed by atoms with Crippen molar-refractivity contribution in [1.29, 1.82) is 0 Å². The average molecular weight is 384 g/mol. The molecule has 2 unspecified atom stereocenters. The molecule has 1 fully saturated rings. The Morgan fingerprint density at radius 2 is 1.79 bits per heavy atom. The van der Waals surface area contributed by atoms with E-state index >= 15 is 0 Å². The number of hydrogen-bond acceptors (Lipinski definition) is 5. The lowest BCUT2D eigenvalue weighted by Crippen LogP contribution is -2.36. The molecule has 2 aromatic carbocycles. The zero-order chi connectivity index (χ0) is 19.8. The molecule has 28 heavy (non-hydrogen) atoms. The molecule has 0 radical (unpaired) electrons. The van der Waals surface area contributed by atoms with Gasteiger partial charge < -0.3 is 25.2 Å². The van der Waals surface area contributed by atoms with Crippen LogP contribution in [0.4, 0.5) is 10.5 Å². The standard InChI is InChI=1S/C22H28N2O4/c25-20(15-23-22(27)28-16-17-8-3-1-4-9-17)21(26)18-10-7-11-19(14-18)24-12-5-2-6-13-24/h1,3-4,7-11,14,20-21,25-26H,2,5-6,12-13,15-16H2,(H,23,27). The van der Waals surface area contributed by atoms with E-state index in [0.717, 1.165) is 24.3 Å². The largest absolute Gasteiger partial charge is 0.445 e. The average Bonchev–Trinajstić information content (AvgIpc) is 2.77. The summed E-state index contributed by atoms with van der Waals surface area (Å²) in [6.45, 7) is 2.08. The second-order valence-corrected chi connectivity index (χ2v) is 7.10. The van der Waals surface area contributed by atoms with Crippen LogP contribution in [-0.2, 0) is 11.3 Å². The number of alkyl carbamates (subject to hydrolysis) is 1. The van der Waals surface area contributed by atoms with Gasteiger partial charge in [-0.05, 0) is 42.5 Å². The minimum absolute atomic E-state index is 0.0945. The topological polar surface area (TPSA) is 82.0 Å². The zero-order valence-electron chi connectivity index (χ0n) is 16.0. The quantitative estimate of drug-likeness (QED) is 0.684. The summed E-state index contributed by atoms with van der Waals surface area (Å²) in [4.78, 5) is 14.1. The first-order valence-corrected chi connectivity index (χ1v) is 9.79. The molecule has 0 bridgehead atoms. The van der Waals surface area contributed by atoms with E-state index in [9.17, 15) is 15.0 Å². The molecule has 1 saturated heterocycles. The van der Waals surface area contributed by atoms with Gasteiger partial charge in [0, 0.05) is 25.3 Å². The number of carbonyl (C=O) groups is 1. The summed E-state index contributed by atoms with van der Waals surface area (Å²) in [5.41, 5.74) is 2.57. The molecule has 0 spiro atoms. The second-order valence-electron chi connectivity index (χ2n) is 7.10. The molecule has 2 aromatic rings. The van der Waals surface area contributed by atoms with Gasteiger partial charge in [0.05, 0.1) is 0 Å². The van der Waals surface area contributed by atoms with Crippen LogP contribution >= 0.6 is 0 Å². The minimum atomic E-state index is -1.12. The summed E-state index contributed by atoms with van der Waals surface area (Å²) in [6, 6.07) is 17.0. The molecule has 0 saturated carbocycles. The lowest BCUT2D eigenvalue weighted by atomic mass is 10.0. The number of rotatable bonds is 7. The lowest BCUT2D eigenvalue weighted by molar-refractivity contribution is 0.0184. The fourth-order valence-electron chi connectivity index (χ4n) is 3.35. The van der Waals surface area contributed by atoms with Gasteiger partial charge in [0.1, 0.15) is 18.8 Å². The molecule has 1 heterocycles. The summed E-state index contributed by atoms with van der Waals surface area (Å²) in [5.74, 6) is 0. The Hall–Kier alpha value is -2.57. The van der Waals surface area contributed by atoms with E-state index in [0.29, 0.717) is 5.56 Å². The number of carbonyl (C=O) groups excluding carboxylic acids is 1. The molecule has 1 aliphatic heterocycles. The molecule has 3 rings (SSSR count). The van der Waals surface area contributed by atoms with Crippen molar-refractivity contribution in [2.24, 2.45) is 0 Å². The summed E-state index contributed by atoms with van der Waals surface area (Å²) >= 11 is 0. The van der Waals surface area contributed by atoms with Gasteiger partial charge >= 0.3 is 6.09 Å². The highest BCUT2D eigenvalue weighted by molar-refractivity contribution is 5.67.